The fourth-order valence-corrected chi connectivity index (χ4v) is 11.3. The molecule has 0 aromatic carbocycles. The number of hydrogen-bond acceptors (Lipinski definition) is 3. The zero-order chi connectivity index (χ0) is 14.4. The van der Waals surface area contributed by atoms with E-state index in [9.17, 15) is 4.79 Å². The van der Waals surface area contributed by atoms with Gasteiger partial charge in [-0.1, -0.05) is 48.5 Å². The first-order valence-electron chi connectivity index (χ1n) is 6.77. The van der Waals surface area contributed by atoms with Crippen LogP contribution in [0.5, 0.6) is 0 Å². The molecule has 1 saturated heterocycles. The molecule has 1 aliphatic heterocycles. The Hall–Kier alpha value is -0.353. The molecule has 3 nitrogen and oxygen atoms in total. The minimum absolute atomic E-state index is 0.125. The van der Waals surface area contributed by atoms with Crippen LogP contribution in [0.25, 0.3) is 0 Å². The molecule has 1 rings (SSSR count). The topological polar surface area (TPSA) is 35.5 Å². The average molecular weight is 272 g/mol. The number of carbonyl (C=O) groups is 1. The lowest BCUT2D eigenvalue weighted by molar-refractivity contribution is -0.160. The summed E-state index contributed by atoms with van der Waals surface area (Å²) in [6.07, 6.45) is 0.489. The number of esters is 1. The zero-order valence-electron chi connectivity index (χ0n) is 13.1. The van der Waals surface area contributed by atoms with Crippen LogP contribution in [0.15, 0.2) is 0 Å². The van der Waals surface area contributed by atoms with Gasteiger partial charge in [0.15, 0.2) is 6.29 Å². The predicted octanol–water partition coefficient (Wildman–Crippen LogP) is 4.23. The average Bonchev–Trinajstić information content (AvgIpc) is 2.39. The minimum atomic E-state index is -2.05. The second-order valence-corrected chi connectivity index (χ2v) is 13.2. The molecule has 2 atom stereocenters. The lowest BCUT2D eigenvalue weighted by Crippen LogP contribution is -2.54. The van der Waals surface area contributed by atoms with Crippen LogP contribution in [0.4, 0.5) is 0 Å². The summed E-state index contributed by atoms with van der Waals surface area (Å²) in [5.74, 6) is -0.250. The second kappa shape index (κ2) is 4.64. The standard InChI is InChI=1S/C14H28O3Si/c1-10-9-12(16-11(2)15)17-18(10,13(3,4)5)14(6,7)8/h10,12H,9H2,1-8H3/t10-,12?/m1/s1. The first kappa shape index (κ1) is 15.7. The minimum Gasteiger partial charge on any atom is -0.437 e. The lowest BCUT2D eigenvalue weighted by Gasteiger charge is -2.50. The van der Waals surface area contributed by atoms with E-state index in [-0.39, 0.29) is 22.3 Å². The third-order valence-electron chi connectivity index (χ3n) is 4.08. The van der Waals surface area contributed by atoms with Crippen molar-refractivity contribution in [1.82, 2.24) is 0 Å². The second-order valence-electron chi connectivity index (χ2n) is 7.53. The van der Waals surface area contributed by atoms with Crippen molar-refractivity contribution in [2.75, 3.05) is 0 Å². The summed E-state index contributed by atoms with van der Waals surface area (Å²) >= 11 is 0. The third-order valence-corrected chi connectivity index (χ3v) is 10.8. The van der Waals surface area contributed by atoms with Crippen molar-refractivity contribution in [3.05, 3.63) is 0 Å². The van der Waals surface area contributed by atoms with E-state index in [0.29, 0.717) is 5.54 Å². The van der Waals surface area contributed by atoms with Crippen molar-refractivity contribution in [1.29, 1.82) is 0 Å². The molecule has 1 unspecified atom stereocenters. The van der Waals surface area contributed by atoms with Crippen molar-refractivity contribution in [3.8, 4) is 0 Å². The highest BCUT2D eigenvalue weighted by Gasteiger charge is 2.63. The molecule has 4 heteroatoms. The van der Waals surface area contributed by atoms with E-state index in [1.54, 1.807) is 0 Å². The van der Waals surface area contributed by atoms with Gasteiger partial charge in [-0.05, 0) is 15.6 Å². The Labute approximate surface area is 112 Å². The van der Waals surface area contributed by atoms with E-state index in [1.807, 2.05) is 0 Å². The molecule has 0 N–H and O–H groups in total. The first-order valence-corrected chi connectivity index (χ1v) is 8.75. The van der Waals surface area contributed by atoms with Crippen LogP contribution in [0, 0.1) is 0 Å². The van der Waals surface area contributed by atoms with Gasteiger partial charge in [0.2, 0.25) is 8.32 Å². The molecule has 0 aliphatic carbocycles. The summed E-state index contributed by atoms with van der Waals surface area (Å²) in [5.41, 5.74) is 0.488. The van der Waals surface area contributed by atoms with Crippen LogP contribution >= 0.6 is 0 Å². The van der Waals surface area contributed by atoms with Gasteiger partial charge in [-0.25, -0.2) is 0 Å². The highest BCUT2D eigenvalue weighted by molar-refractivity contribution is 6.81. The van der Waals surface area contributed by atoms with Crippen LogP contribution in [0.2, 0.25) is 15.6 Å². The van der Waals surface area contributed by atoms with Crippen LogP contribution in [-0.4, -0.2) is 20.6 Å². The normalized spacial score (nSPS) is 28.2. The van der Waals surface area contributed by atoms with Crippen molar-refractivity contribution >= 4 is 14.3 Å². The number of ether oxygens (including phenoxy) is 1. The van der Waals surface area contributed by atoms with Gasteiger partial charge in [0.05, 0.1) is 0 Å². The fourth-order valence-electron chi connectivity index (χ4n) is 4.04. The van der Waals surface area contributed by atoms with E-state index >= 15 is 0 Å². The molecule has 0 radical (unpaired) electrons. The maximum Gasteiger partial charge on any atom is 0.304 e. The van der Waals surface area contributed by atoms with Crippen LogP contribution < -0.4 is 0 Å². The molecule has 0 aromatic heterocycles. The van der Waals surface area contributed by atoms with E-state index in [0.717, 1.165) is 6.42 Å². The monoisotopic (exact) mass is 272 g/mol. The van der Waals surface area contributed by atoms with E-state index in [2.05, 4.69) is 48.5 Å². The molecule has 0 bridgehead atoms. The Bertz CT molecular complexity index is 311. The van der Waals surface area contributed by atoms with Crippen LogP contribution in [-0.2, 0) is 14.0 Å². The summed E-state index contributed by atoms with van der Waals surface area (Å²) in [6, 6.07) is 0. The van der Waals surface area contributed by atoms with Gasteiger partial charge in [-0.2, -0.15) is 0 Å². The Balaban J connectivity index is 3.11. The Morgan fingerprint density at radius 1 is 1.17 bits per heavy atom. The molecule has 0 saturated carbocycles. The van der Waals surface area contributed by atoms with Gasteiger partial charge in [0, 0.05) is 13.3 Å². The molecule has 0 spiro atoms. The summed E-state index contributed by atoms with van der Waals surface area (Å²) in [4.78, 5) is 11.1. The van der Waals surface area contributed by atoms with Gasteiger partial charge in [-0.15, -0.1) is 0 Å². The Kier molecular flexibility index (Phi) is 4.05. The molecule has 18 heavy (non-hydrogen) atoms. The highest BCUT2D eigenvalue weighted by atomic mass is 28.4. The zero-order valence-corrected chi connectivity index (χ0v) is 14.1. The van der Waals surface area contributed by atoms with Gasteiger partial charge in [-0.3, -0.25) is 4.79 Å². The first-order chi connectivity index (χ1) is 7.92. The van der Waals surface area contributed by atoms with Gasteiger partial charge in [0.25, 0.3) is 0 Å². The molecular formula is C14H28O3Si. The Morgan fingerprint density at radius 3 is 1.89 bits per heavy atom. The number of rotatable bonds is 1. The Morgan fingerprint density at radius 2 is 1.61 bits per heavy atom. The van der Waals surface area contributed by atoms with Crippen molar-refractivity contribution in [3.63, 3.8) is 0 Å². The van der Waals surface area contributed by atoms with Gasteiger partial charge >= 0.3 is 5.97 Å². The maximum atomic E-state index is 11.1. The largest absolute Gasteiger partial charge is 0.437 e. The molecular weight excluding hydrogens is 244 g/mol. The molecule has 1 fully saturated rings. The molecule has 106 valence electrons. The van der Waals surface area contributed by atoms with E-state index in [4.69, 9.17) is 9.16 Å². The van der Waals surface area contributed by atoms with Crippen molar-refractivity contribution < 1.29 is 14.0 Å². The van der Waals surface area contributed by atoms with E-state index < -0.39 is 8.32 Å². The predicted molar refractivity (Wildman–Crippen MR) is 75.9 cm³/mol. The molecule has 0 amide bonds. The number of hydrogen-bond donors (Lipinski definition) is 0. The lowest BCUT2D eigenvalue weighted by atomic mass is 10.2. The fraction of sp³-hybridized carbons (Fsp3) is 0.929. The van der Waals surface area contributed by atoms with Crippen molar-refractivity contribution in [2.24, 2.45) is 0 Å². The van der Waals surface area contributed by atoms with Crippen LogP contribution in [0.1, 0.15) is 61.8 Å². The summed E-state index contributed by atoms with van der Waals surface area (Å²) in [6.45, 7) is 17.3. The summed E-state index contributed by atoms with van der Waals surface area (Å²) in [7, 11) is -2.05. The quantitative estimate of drug-likeness (QED) is 0.529. The molecule has 1 heterocycles. The summed E-state index contributed by atoms with van der Waals surface area (Å²) in [5, 5.41) is 0.249. The maximum absolute atomic E-state index is 11.1. The SMILES string of the molecule is CC(=O)OC1C[C@@H](C)[Si](C(C)(C)C)(C(C)(C)C)O1. The highest BCUT2D eigenvalue weighted by Crippen LogP contribution is 2.61. The van der Waals surface area contributed by atoms with Gasteiger partial charge in [0.1, 0.15) is 0 Å². The van der Waals surface area contributed by atoms with Crippen LogP contribution in [0.3, 0.4) is 0 Å². The van der Waals surface area contributed by atoms with Gasteiger partial charge < -0.3 is 9.16 Å². The smallest absolute Gasteiger partial charge is 0.304 e. The molecule has 1 aliphatic rings. The van der Waals surface area contributed by atoms with Crippen molar-refractivity contribution in [2.45, 2.75) is 83.7 Å². The van der Waals surface area contributed by atoms with E-state index in [1.165, 1.54) is 6.92 Å². The molecule has 0 aromatic rings. The number of carbonyl (C=O) groups excluding carboxylic acids is 1. The third kappa shape index (κ3) is 2.50. The summed E-state index contributed by atoms with van der Waals surface area (Å²) < 4.78 is 11.7.